The molecule has 0 fully saturated rings. The van der Waals surface area contributed by atoms with Crippen molar-refractivity contribution in [2.24, 2.45) is 0 Å². The summed E-state index contributed by atoms with van der Waals surface area (Å²) in [4.78, 5) is 0. The van der Waals surface area contributed by atoms with Gasteiger partial charge >= 0.3 is 0 Å². The average molecular weight is 283 g/mol. The molecule has 0 saturated carbocycles. The Hall–Kier alpha value is -1.73. The molecule has 0 saturated heterocycles. The molecule has 4 rings (SSSR count). The van der Waals surface area contributed by atoms with Crippen LogP contribution in [0.5, 0.6) is 0 Å². The Morgan fingerprint density at radius 3 is 2.65 bits per heavy atom. The molecule has 1 unspecified atom stereocenters. The van der Waals surface area contributed by atoms with Crippen molar-refractivity contribution in [1.29, 1.82) is 0 Å². The van der Waals surface area contributed by atoms with E-state index in [9.17, 15) is 0 Å². The summed E-state index contributed by atoms with van der Waals surface area (Å²) in [6.45, 7) is 1.95. The molecular weight excluding hydrogens is 268 g/mol. The minimum absolute atomic E-state index is 0.155. The Kier molecular flexibility index (Phi) is 2.64. The van der Waals surface area contributed by atoms with Crippen LogP contribution in [-0.2, 0) is 12.8 Å². The molecule has 2 aromatic carbocycles. The molecule has 0 N–H and O–H groups in total. The highest BCUT2D eigenvalue weighted by molar-refractivity contribution is 6.23. The van der Waals surface area contributed by atoms with Crippen LogP contribution in [0.4, 0.5) is 0 Å². The van der Waals surface area contributed by atoms with Gasteiger partial charge < -0.3 is 4.42 Å². The maximum atomic E-state index is 6.69. The van der Waals surface area contributed by atoms with E-state index < -0.39 is 0 Å². The zero-order valence-electron chi connectivity index (χ0n) is 11.3. The number of hydrogen-bond acceptors (Lipinski definition) is 1. The average Bonchev–Trinajstić information content (AvgIpc) is 3.07. The Morgan fingerprint density at radius 1 is 1.10 bits per heavy atom. The van der Waals surface area contributed by atoms with Crippen molar-refractivity contribution in [3.63, 3.8) is 0 Å². The Labute approximate surface area is 123 Å². The van der Waals surface area contributed by atoms with Gasteiger partial charge in [-0.15, -0.1) is 11.6 Å². The van der Waals surface area contributed by atoms with Gasteiger partial charge in [-0.05, 0) is 53.3 Å². The molecule has 1 aliphatic rings. The van der Waals surface area contributed by atoms with Crippen molar-refractivity contribution in [3.05, 3.63) is 70.7 Å². The van der Waals surface area contributed by atoms with Gasteiger partial charge in [-0.1, -0.05) is 30.3 Å². The Morgan fingerprint density at radius 2 is 1.90 bits per heavy atom. The second-order valence-corrected chi connectivity index (χ2v) is 5.94. The van der Waals surface area contributed by atoms with Crippen LogP contribution in [0.2, 0.25) is 0 Å². The van der Waals surface area contributed by atoms with Gasteiger partial charge in [0.25, 0.3) is 0 Å². The van der Waals surface area contributed by atoms with Crippen LogP contribution in [0.3, 0.4) is 0 Å². The lowest BCUT2D eigenvalue weighted by atomic mass is 9.96. The number of alkyl halides is 1. The molecule has 0 radical (unpaired) electrons. The van der Waals surface area contributed by atoms with Crippen molar-refractivity contribution in [2.75, 3.05) is 0 Å². The summed E-state index contributed by atoms with van der Waals surface area (Å²) in [5.41, 5.74) is 5.11. The fraction of sp³-hybridized carbons (Fsp3) is 0.222. The van der Waals surface area contributed by atoms with E-state index in [4.69, 9.17) is 16.0 Å². The molecule has 20 heavy (non-hydrogen) atoms. The van der Waals surface area contributed by atoms with Gasteiger partial charge in [-0.25, -0.2) is 0 Å². The lowest BCUT2D eigenvalue weighted by Crippen LogP contribution is -1.94. The van der Waals surface area contributed by atoms with Crippen LogP contribution in [0.25, 0.3) is 10.8 Å². The molecule has 1 heterocycles. The predicted molar refractivity (Wildman–Crippen MR) is 82.5 cm³/mol. The van der Waals surface area contributed by atoms with Crippen molar-refractivity contribution in [3.8, 4) is 0 Å². The van der Waals surface area contributed by atoms with E-state index in [-0.39, 0.29) is 5.38 Å². The second kappa shape index (κ2) is 4.39. The maximum Gasteiger partial charge on any atom is 0.101 e. The van der Waals surface area contributed by atoms with Crippen LogP contribution in [-0.4, -0.2) is 0 Å². The normalized spacial score (nSPS) is 14.9. The van der Waals surface area contributed by atoms with E-state index in [0.29, 0.717) is 0 Å². The quantitative estimate of drug-likeness (QED) is 0.591. The molecule has 0 amide bonds. The third-order valence-electron chi connectivity index (χ3n) is 4.23. The largest absolute Gasteiger partial charge is 0.469 e. The summed E-state index contributed by atoms with van der Waals surface area (Å²) >= 11 is 6.69. The fourth-order valence-corrected chi connectivity index (χ4v) is 3.57. The minimum atomic E-state index is -0.155. The molecule has 1 atom stereocenters. The first kappa shape index (κ1) is 12.0. The molecule has 1 nitrogen and oxygen atoms in total. The van der Waals surface area contributed by atoms with Crippen LogP contribution in [0, 0.1) is 6.92 Å². The van der Waals surface area contributed by atoms with Crippen LogP contribution in [0.15, 0.2) is 47.1 Å². The highest BCUT2D eigenvalue weighted by atomic mass is 35.5. The van der Waals surface area contributed by atoms with Gasteiger partial charge in [0.2, 0.25) is 0 Å². The second-order valence-electron chi connectivity index (χ2n) is 5.51. The maximum absolute atomic E-state index is 6.69. The molecule has 100 valence electrons. The fourth-order valence-electron chi connectivity index (χ4n) is 3.27. The van der Waals surface area contributed by atoms with Crippen LogP contribution in [0.1, 0.15) is 33.4 Å². The lowest BCUT2D eigenvalue weighted by molar-refractivity contribution is 0.532. The van der Waals surface area contributed by atoms with Gasteiger partial charge in [0, 0.05) is 5.56 Å². The highest BCUT2D eigenvalue weighted by Gasteiger charge is 2.20. The van der Waals surface area contributed by atoms with Crippen molar-refractivity contribution in [2.45, 2.75) is 25.1 Å². The number of benzene rings is 2. The minimum Gasteiger partial charge on any atom is -0.469 e. The Balaban J connectivity index is 1.93. The van der Waals surface area contributed by atoms with E-state index in [1.165, 1.54) is 27.5 Å². The summed E-state index contributed by atoms with van der Waals surface area (Å²) in [5, 5.41) is 2.55. The first-order valence-electron chi connectivity index (χ1n) is 6.96. The Bertz CT molecular complexity index is 790. The van der Waals surface area contributed by atoms with E-state index in [1.807, 2.05) is 13.0 Å². The van der Waals surface area contributed by atoms with E-state index in [2.05, 4.69) is 30.3 Å². The van der Waals surface area contributed by atoms with Gasteiger partial charge in [0.05, 0.1) is 11.6 Å². The summed E-state index contributed by atoms with van der Waals surface area (Å²) in [7, 11) is 0. The number of aryl methyl sites for hydroxylation is 3. The third kappa shape index (κ3) is 1.70. The first-order valence-corrected chi connectivity index (χ1v) is 7.40. The molecule has 3 aromatic rings. The summed E-state index contributed by atoms with van der Waals surface area (Å²) in [6, 6.07) is 13.0. The number of hydrogen-bond donors (Lipinski definition) is 0. The summed E-state index contributed by atoms with van der Waals surface area (Å²) in [5.74, 6) is 0.900. The van der Waals surface area contributed by atoms with Crippen molar-refractivity contribution >= 4 is 22.4 Å². The van der Waals surface area contributed by atoms with E-state index in [0.717, 1.165) is 24.2 Å². The molecule has 2 heteroatoms. The molecule has 1 aromatic heterocycles. The monoisotopic (exact) mass is 282 g/mol. The van der Waals surface area contributed by atoms with Gasteiger partial charge in [-0.3, -0.25) is 0 Å². The number of furan rings is 1. The van der Waals surface area contributed by atoms with Crippen molar-refractivity contribution < 1.29 is 4.42 Å². The van der Waals surface area contributed by atoms with Crippen LogP contribution >= 0.6 is 11.6 Å². The molecule has 0 spiro atoms. The van der Waals surface area contributed by atoms with Gasteiger partial charge in [0.1, 0.15) is 5.76 Å². The SMILES string of the molecule is Cc1cc(C(Cl)c2ccc3c4c(cccc24)CC3)co1. The first-order chi connectivity index (χ1) is 9.74. The van der Waals surface area contributed by atoms with E-state index >= 15 is 0 Å². The zero-order valence-corrected chi connectivity index (χ0v) is 12.1. The highest BCUT2D eigenvalue weighted by Crippen LogP contribution is 2.39. The van der Waals surface area contributed by atoms with Gasteiger partial charge in [0.15, 0.2) is 0 Å². The molecule has 0 bridgehead atoms. The third-order valence-corrected chi connectivity index (χ3v) is 4.71. The van der Waals surface area contributed by atoms with Crippen LogP contribution < -0.4 is 0 Å². The van der Waals surface area contributed by atoms with Gasteiger partial charge in [-0.2, -0.15) is 0 Å². The molecule has 0 aliphatic heterocycles. The van der Waals surface area contributed by atoms with E-state index in [1.54, 1.807) is 6.26 Å². The number of halogens is 1. The topological polar surface area (TPSA) is 13.1 Å². The molecular formula is C18H15ClO. The predicted octanol–water partition coefficient (Wildman–Crippen LogP) is 5.17. The smallest absolute Gasteiger partial charge is 0.101 e. The summed E-state index contributed by atoms with van der Waals surface area (Å²) < 4.78 is 5.39. The molecule has 1 aliphatic carbocycles. The summed E-state index contributed by atoms with van der Waals surface area (Å²) in [6.07, 6.45) is 4.05. The van der Waals surface area contributed by atoms with Crippen molar-refractivity contribution in [1.82, 2.24) is 0 Å². The zero-order chi connectivity index (χ0) is 13.7. The number of rotatable bonds is 2. The lowest BCUT2D eigenvalue weighted by Gasteiger charge is -2.13. The standard InChI is InChI=1S/C18H15ClO/c1-11-9-14(10-20-11)18(19)16-8-7-13-6-5-12-3-2-4-15(16)17(12)13/h2-4,7-10,18H,5-6H2,1H3.